The number of Topliss-reactive ketones (excluding diaryl/α,β-unsaturated/α-hetero) is 1. The highest BCUT2D eigenvalue weighted by Crippen LogP contribution is 2.32. The first kappa shape index (κ1) is 14.2. The number of rotatable bonds is 2. The number of aryl methyl sites for hydroxylation is 1. The Labute approximate surface area is 112 Å². The molecule has 1 atom stereocenters. The maximum absolute atomic E-state index is 12.5. The Hall–Kier alpha value is -1.24. The molecule has 0 spiro atoms. The predicted molar refractivity (Wildman–Crippen MR) is 70.2 cm³/mol. The summed E-state index contributed by atoms with van der Waals surface area (Å²) in [5, 5.41) is 9.79. The summed E-state index contributed by atoms with van der Waals surface area (Å²) in [6.45, 7) is 4.68. The van der Waals surface area contributed by atoms with Crippen molar-refractivity contribution in [1.82, 2.24) is 4.31 Å². The van der Waals surface area contributed by atoms with Crippen LogP contribution in [0.2, 0.25) is 0 Å². The maximum Gasteiger partial charge on any atom is 0.244 e. The van der Waals surface area contributed by atoms with Crippen LogP contribution in [-0.2, 0) is 14.8 Å². The largest absolute Gasteiger partial charge is 0.383 e. The molecule has 6 heteroatoms. The van der Waals surface area contributed by atoms with Gasteiger partial charge in [-0.3, -0.25) is 4.79 Å². The van der Waals surface area contributed by atoms with Crippen molar-refractivity contribution in [2.24, 2.45) is 0 Å². The second-order valence-electron chi connectivity index (χ2n) is 5.35. The van der Waals surface area contributed by atoms with Crippen LogP contribution < -0.4 is 0 Å². The maximum atomic E-state index is 12.5. The highest BCUT2D eigenvalue weighted by atomic mass is 32.2. The number of sulfonamides is 1. The fourth-order valence-corrected chi connectivity index (χ4v) is 3.95. The van der Waals surface area contributed by atoms with Crippen molar-refractivity contribution in [3.63, 3.8) is 0 Å². The Bertz CT molecular complexity index is 604. The number of aliphatic hydroxyl groups excluding tert-OH is 1. The minimum atomic E-state index is -3.78. The van der Waals surface area contributed by atoms with Gasteiger partial charge in [-0.05, 0) is 32.9 Å². The van der Waals surface area contributed by atoms with Crippen molar-refractivity contribution < 1.29 is 18.3 Å². The lowest BCUT2D eigenvalue weighted by Crippen LogP contribution is -2.48. The molecule has 1 aromatic rings. The van der Waals surface area contributed by atoms with Crippen LogP contribution in [0.25, 0.3) is 0 Å². The van der Waals surface area contributed by atoms with Gasteiger partial charge < -0.3 is 5.11 Å². The van der Waals surface area contributed by atoms with Gasteiger partial charge in [-0.15, -0.1) is 0 Å². The van der Waals surface area contributed by atoms with Crippen LogP contribution in [0.15, 0.2) is 29.2 Å². The third-order valence-electron chi connectivity index (χ3n) is 3.53. The number of benzene rings is 1. The molecule has 1 N–H and O–H groups in total. The summed E-state index contributed by atoms with van der Waals surface area (Å²) >= 11 is 0. The van der Waals surface area contributed by atoms with Crippen LogP contribution in [0.1, 0.15) is 19.4 Å². The number of carbonyl (C=O) groups excluding carboxylic acids is 1. The van der Waals surface area contributed by atoms with Crippen molar-refractivity contribution in [1.29, 1.82) is 0 Å². The third-order valence-corrected chi connectivity index (χ3v) is 5.57. The number of hydrogen-bond acceptors (Lipinski definition) is 4. The standard InChI is InChI=1S/C13H17NO4S/c1-9-4-6-10(7-5-9)19(17,18)14-8-11(15)12(16)13(14,2)3/h4-7,12,16H,8H2,1-3H3. The molecule has 1 unspecified atom stereocenters. The molecular formula is C13H17NO4S. The van der Waals surface area contributed by atoms with Crippen LogP contribution in [-0.4, -0.2) is 41.8 Å². The Kier molecular flexibility index (Phi) is 3.28. The fraction of sp³-hybridized carbons (Fsp3) is 0.462. The van der Waals surface area contributed by atoms with E-state index in [-0.39, 0.29) is 11.4 Å². The second-order valence-corrected chi connectivity index (χ2v) is 7.21. The molecular weight excluding hydrogens is 266 g/mol. The zero-order valence-electron chi connectivity index (χ0n) is 11.1. The molecule has 1 aliphatic rings. The summed E-state index contributed by atoms with van der Waals surface area (Å²) in [5.74, 6) is -0.472. The van der Waals surface area contributed by atoms with E-state index in [1.165, 1.54) is 12.1 Å². The number of nitrogens with zero attached hydrogens (tertiary/aromatic N) is 1. The number of hydrogen-bond donors (Lipinski definition) is 1. The topological polar surface area (TPSA) is 74.7 Å². The Morgan fingerprint density at radius 3 is 2.21 bits per heavy atom. The van der Waals surface area contributed by atoms with Gasteiger partial charge in [0.15, 0.2) is 5.78 Å². The molecule has 0 saturated carbocycles. The summed E-state index contributed by atoms with van der Waals surface area (Å²) in [7, 11) is -3.78. The van der Waals surface area contributed by atoms with E-state index < -0.39 is 27.4 Å². The highest BCUT2D eigenvalue weighted by molar-refractivity contribution is 7.89. The van der Waals surface area contributed by atoms with E-state index in [9.17, 15) is 18.3 Å². The lowest BCUT2D eigenvalue weighted by atomic mass is 10.00. The van der Waals surface area contributed by atoms with Crippen LogP contribution in [0, 0.1) is 6.92 Å². The first-order valence-corrected chi connectivity index (χ1v) is 7.41. The van der Waals surface area contributed by atoms with Gasteiger partial charge in [0.2, 0.25) is 10.0 Å². The number of ketones is 1. The molecule has 1 aromatic carbocycles. The van der Waals surface area contributed by atoms with Gasteiger partial charge >= 0.3 is 0 Å². The van der Waals surface area contributed by atoms with E-state index in [4.69, 9.17) is 0 Å². The molecule has 1 heterocycles. The van der Waals surface area contributed by atoms with Gasteiger partial charge in [0.1, 0.15) is 6.10 Å². The van der Waals surface area contributed by atoms with Gasteiger partial charge in [0.25, 0.3) is 0 Å². The van der Waals surface area contributed by atoms with E-state index in [1.54, 1.807) is 26.0 Å². The molecule has 0 bridgehead atoms. The van der Waals surface area contributed by atoms with E-state index in [1.807, 2.05) is 6.92 Å². The Morgan fingerprint density at radius 1 is 1.26 bits per heavy atom. The van der Waals surface area contributed by atoms with E-state index >= 15 is 0 Å². The normalized spacial score (nSPS) is 23.8. The molecule has 1 aliphatic heterocycles. The zero-order valence-corrected chi connectivity index (χ0v) is 11.9. The van der Waals surface area contributed by atoms with Gasteiger partial charge in [-0.25, -0.2) is 8.42 Å². The smallest absolute Gasteiger partial charge is 0.244 e. The van der Waals surface area contributed by atoms with Crippen molar-refractivity contribution in [3.05, 3.63) is 29.8 Å². The van der Waals surface area contributed by atoms with Crippen molar-refractivity contribution in [2.75, 3.05) is 6.54 Å². The lowest BCUT2D eigenvalue weighted by Gasteiger charge is -2.31. The average Bonchev–Trinajstić information content (AvgIpc) is 2.54. The molecule has 0 aliphatic carbocycles. The fourth-order valence-electron chi connectivity index (χ4n) is 2.19. The average molecular weight is 283 g/mol. The van der Waals surface area contributed by atoms with E-state index in [0.29, 0.717) is 0 Å². The van der Waals surface area contributed by atoms with Gasteiger partial charge in [0.05, 0.1) is 17.0 Å². The summed E-state index contributed by atoms with van der Waals surface area (Å²) in [6.07, 6.45) is -1.28. The van der Waals surface area contributed by atoms with Gasteiger partial charge in [-0.1, -0.05) is 17.7 Å². The Morgan fingerprint density at radius 2 is 1.79 bits per heavy atom. The SMILES string of the molecule is Cc1ccc(S(=O)(=O)N2CC(=O)C(O)C2(C)C)cc1. The molecule has 0 amide bonds. The predicted octanol–water partition coefficient (Wildman–Crippen LogP) is 0.708. The van der Waals surface area contributed by atoms with Crippen molar-refractivity contribution in [3.8, 4) is 0 Å². The Balaban J connectivity index is 2.46. The summed E-state index contributed by atoms with van der Waals surface area (Å²) in [5.41, 5.74) is -0.170. The monoisotopic (exact) mass is 283 g/mol. The number of carbonyl (C=O) groups is 1. The quantitative estimate of drug-likeness (QED) is 0.867. The van der Waals surface area contributed by atoms with Crippen molar-refractivity contribution in [2.45, 2.75) is 37.3 Å². The molecule has 1 fully saturated rings. The van der Waals surface area contributed by atoms with Crippen LogP contribution in [0.4, 0.5) is 0 Å². The summed E-state index contributed by atoms with van der Waals surface area (Å²) in [4.78, 5) is 11.7. The molecule has 104 valence electrons. The third kappa shape index (κ3) is 2.20. The second kappa shape index (κ2) is 4.40. The molecule has 0 radical (unpaired) electrons. The van der Waals surface area contributed by atoms with Crippen LogP contribution in [0.5, 0.6) is 0 Å². The summed E-state index contributed by atoms with van der Waals surface area (Å²) in [6, 6.07) is 6.42. The van der Waals surface area contributed by atoms with Gasteiger partial charge in [-0.2, -0.15) is 4.31 Å². The first-order valence-electron chi connectivity index (χ1n) is 5.97. The minimum Gasteiger partial charge on any atom is -0.383 e. The van der Waals surface area contributed by atoms with E-state index in [0.717, 1.165) is 9.87 Å². The molecule has 19 heavy (non-hydrogen) atoms. The molecule has 0 aromatic heterocycles. The molecule has 1 saturated heterocycles. The van der Waals surface area contributed by atoms with Crippen LogP contribution in [0.3, 0.4) is 0 Å². The molecule has 5 nitrogen and oxygen atoms in total. The lowest BCUT2D eigenvalue weighted by molar-refractivity contribution is -0.124. The number of aliphatic hydroxyl groups is 1. The first-order chi connectivity index (χ1) is 8.67. The van der Waals surface area contributed by atoms with E-state index in [2.05, 4.69) is 0 Å². The zero-order chi connectivity index (χ0) is 14.4. The van der Waals surface area contributed by atoms with Gasteiger partial charge in [0, 0.05) is 0 Å². The highest BCUT2D eigenvalue weighted by Gasteiger charge is 2.51. The summed E-state index contributed by atoms with van der Waals surface area (Å²) < 4.78 is 26.1. The van der Waals surface area contributed by atoms with Crippen LogP contribution >= 0.6 is 0 Å². The minimum absolute atomic E-state index is 0.132. The van der Waals surface area contributed by atoms with Crippen molar-refractivity contribution >= 4 is 15.8 Å². The molecule has 2 rings (SSSR count).